The van der Waals surface area contributed by atoms with Gasteiger partial charge >= 0.3 is 0 Å². The van der Waals surface area contributed by atoms with E-state index in [0.29, 0.717) is 4.88 Å². The molecule has 0 atom stereocenters. The third-order valence-electron chi connectivity index (χ3n) is 3.07. The molecule has 0 saturated heterocycles. The monoisotopic (exact) mass is 363 g/mol. The molecule has 3 rings (SSSR count). The van der Waals surface area contributed by atoms with E-state index in [-0.39, 0.29) is 11.7 Å². The van der Waals surface area contributed by atoms with Gasteiger partial charge in [0.2, 0.25) is 0 Å². The first-order valence-corrected chi connectivity index (χ1v) is 8.25. The number of alkyl halides is 1. The van der Waals surface area contributed by atoms with Gasteiger partial charge in [-0.2, -0.15) is 0 Å². The first-order valence-electron chi connectivity index (χ1n) is 6.31. The summed E-state index contributed by atoms with van der Waals surface area (Å²) in [4.78, 5) is 12.8. The van der Waals surface area contributed by atoms with Crippen molar-refractivity contribution in [3.05, 3.63) is 64.8 Å². The lowest BCUT2D eigenvalue weighted by Gasteiger charge is -2.04. The highest BCUT2D eigenvalue weighted by Gasteiger charge is 2.11. The quantitative estimate of drug-likeness (QED) is 0.637. The van der Waals surface area contributed by atoms with Gasteiger partial charge in [-0.3, -0.25) is 4.79 Å². The fourth-order valence-electron chi connectivity index (χ4n) is 1.99. The van der Waals surface area contributed by atoms with Crippen molar-refractivity contribution in [3.8, 4) is 0 Å². The first-order chi connectivity index (χ1) is 10.2. The van der Waals surface area contributed by atoms with Gasteiger partial charge in [0.1, 0.15) is 5.82 Å². The minimum Gasteiger partial charge on any atom is -0.321 e. The molecule has 3 aromatic rings. The fraction of sp³-hybridized carbons (Fsp3) is 0.0625. The Balaban J connectivity index is 1.82. The van der Waals surface area contributed by atoms with E-state index in [0.717, 1.165) is 26.7 Å². The second kappa shape index (κ2) is 5.95. The lowest BCUT2D eigenvalue weighted by atomic mass is 10.2. The van der Waals surface area contributed by atoms with Crippen LogP contribution in [0.1, 0.15) is 15.2 Å². The first kappa shape index (κ1) is 14.2. The average molecular weight is 364 g/mol. The maximum Gasteiger partial charge on any atom is 0.265 e. The lowest BCUT2D eigenvalue weighted by molar-refractivity contribution is 0.103. The summed E-state index contributed by atoms with van der Waals surface area (Å²) < 4.78 is 13.9. The smallest absolute Gasteiger partial charge is 0.265 e. The third-order valence-corrected chi connectivity index (χ3v) is 4.82. The van der Waals surface area contributed by atoms with Crippen LogP contribution in [-0.4, -0.2) is 5.91 Å². The standard InChI is InChI=1S/C16H11BrFNOS/c17-9-10-1-5-13(6-2-10)19-16(20)15-7-11-3-4-12(18)8-14(11)21-15/h1-8H,9H2,(H,19,20). The van der Waals surface area contributed by atoms with Crippen LogP contribution in [0.4, 0.5) is 10.1 Å². The molecule has 2 nitrogen and oxygen atoms in total. The Morgan fingerprint density at radius 2 is 1.90 bits per heavy atom. The number of fused-ring (bicyclic) bond motifs is 1. The van der Waals surface area contributed by atoms with Crippen LogP contribution in [0.2, 0.25) is 0 Å². The predicted octanol–water partition coefficient (Wildman–Crippen LogP) is 5.19. The molecule has 0 bridgehead atoms. The van der Waals surface area contributed by atoms with Crippen LogP contribution in [0.15, 0.2) is 48.5 Å². The van der Waals surface area contributed by atoms with Crippen LogP contribution in [0, 0.1) is 5.82 Å². The molecule has 1 aromatic heterocycles. The van der Waals surface area contributed by atoms with Crippen molar-refractivity contribution in [1.29, 1.82) is 0 Å². The third kappa shape index (κ3) is 3.14. The predicted molar refractivity (Wildman–Crippen MR) is 88.8 cm³/mol. The number of hydrogen-bond acceptors (Lipinski definition) is 2. The molecule has 0 radical (unpaired) electrons. The minimum absolute atomic E-state index is 0.178. The summed E-state index contributed by atoms with van der Waals surface area (Å²) in [7, 11) is 0. The summed E-state index contributed by atoms with van der Waals surface area (Å²) in [5, 5.41) is 4.50. The molecule has 0 unspecified atom stereocenters. The molecule has 0 spiro atoms. The maximum atomic E-state index is 13.2. The number of amides is 1. The highest BCUT2D eigenvalue weighted by molar-refractivity contribution is 9.08. The van der Waals surface area contributed by atoms with Gasteiger partial charge in [-0.25, -0.2) is 4.39 Å². The van der Waals surface area contributed by atoms with Crippen molar-refractivity contribution >= 4 is 48.9 Å². The molecular formula is C16H11BrFNOS. The van der Waals surface area contributed by atoms with Crippen molar-refractivity contribution < 1.29 is 9.18 Å². The van der Waals surface area contributed by atoms with E-state index >= 15 is 0 Å². The molecule has 5 heteroatoms. The van der Waals surface area contributed by atoms with E-state index in [9.17, 15) is 9.18 Å². The molecule has 2 aromatic carbocycles. The van der Waals surface area contributed by atoms with E-state index in [1.807, 2.05) is 24.3 Å². The van der Waals surface area contributed by atoms with Gasteiger partial charge in [0.05, 0.1) is 4.88 Å². The summed E-state index contributed by atoms with van der Waals surface area (Å²) in [6.45, 7) is 0. The highest BCUT2D eigenvalue weighted by Crippen LogP contribution is 2.27. The van der Waals surface area contributed by atoms with Gasteiger partial charge in [-0.1, -0.05) is 34.1 Å². The number of benzene rings is 2. The van der Waals surface area contributed by atoms with Crippen molar-refractivity contribution in [3.63, 3.8) is 0 Å². The van der Waals surface area contributed by atoms with E-state index in [1.165, 1.54) is 23.5 Å². The number of rotatable bonds is 3. The topological polar surface area (TPSA) is 29.1 Å². The minimum atomic E-state index is -0.290. The molecule has 0 saturated carbocycles. The highest BCUT2D eigenvalue weighted by atomic mass is 79.9. The zero-order chi connectivity index (χ0) is 14.8. The van der Waals surface area contributed by atoms with Gasteiger partial charge in [0.15, 0.2) is 0 Å². The Bertz CT molecular complexity index is 798. The Hall–Kier alpha value is -1.72. The molecule has 1 amide bonds. The molecule has 0 aliphatic heterocycles. The van der Waals surface area contributed by atoms with Gasteiger partial charge in [-0.05, 0) is 41.3 Å². The summed E-state index contributed by atoms with van der Waals surface area (Å²) >= 11 is 4.67. The van der Waals surface area contributed by atoms with Crippen molar-refractivity contribution in [1.82, 2.24) is 0 Å². The van der Waals surface area contributed by atoms with Gasteiger partial charge in [0.25, 0.3) is 5.91 Å². The van der Waals surface area contributed by atoms with E-state index in [1.54, 1.807) is 12.1 Å². The number of halogens is 2. The Morgan fingerprint density at radius 1 is 1.14 bits per heavy atom. The lowest BCUT2D eigenvalue weighted by Crippen LogP contribution is -2.09. The number of hydrogen-bond donors (Lipinski definition) is 1. The Kier molecular flexibility index (Phi) is 4.03. The summed E-state index contributed by atoms with van der Waals surface area (Å²) in [5.41, 5.74) is 1.89. The molecule has 0 aliphatic rings. The largest absolute Gasteiger partial charge is 0.321 e. The van der Waals surface area contributed by atoms with Crippen LogP contribution in [0.25, 0.3) is 10.1 Å². The SMILES string of the molecule is O=C(Nc1ccc(CBr)cc1)c1cc2ccc(F)cc2s1. The summed E-state index contributed by atoms with van der Waals surface area (Å²) in [6.07, 6.45) is 0. The number of carbonyl (C=O) groups excluding carboxylic acids is 1. The molecule has 1 N–H and O–H groups in total. The van der Waals surface area contributed by atoms with Crippen LogP contribution in [0.5, 0.6) is 0 Å². The van der Waals surface area contributed by atoms with Crippen LogP contribution >= 0.6 is 27.3 Å². The van der Waals surface area contributed by atoms with Crippen LogP contribution < -0.4 is 5.32 Å². The molecule has 0 fully saturated rings. The Labute approximate surface area is 133 Å². The number of carbonyl (C=O) groups is 1. The second-order valence-electron chi connectivity index (χ2n) is 4.58. The molecule has 106 valence electrons. The zero-order valence-corrected chi connectivity index (χ0v) is 13.3. The second-order valence-corrected chi connectivity index (χ2v) is 6.22. The molecular weight excluding hydrogens is 353 g/mol. The average Bonchev–Trinajstić information content (AvgIpc) is 2.91. The summed E-state index contributed by atoms with van der Waals surface area (Å²) in [6, 6.07) is 13.9. The summed E-state index contributed by atoms with van der Waals surface area (Å²) in [5.74, 6) is -0.468. The molecule has 0 aliphatic carbocycles. The maximum absolute atomic E-state index is 13.2. The van der Waals surface area contributed by atoms with E-state index < -0.39 is 0 Å². The van der Waals surface area contributed by atoms with Gasteiger partial charge in [-0.15, -0.1) is 11.3 Å². The van der Waals surface area contributed by atoms with Crippen molar-refractivity contribution in [2.75, 3.05) is 5.32 Å². The Morgan fingerprint density at radius 3 is 2.62 bits per heavy atom. The van der Waals surface area contributed by atoms with Gasteiger partial charge in [0, 0.05) is 15.7 Å². The number of anilines is 1. The zero-order valence-electron chi connectivity index (χ0n) is 10.9. The normalized spacial score (nSPS) is 10.8. The van der Waals surface area contributed by atoms with E-state index in [4.69, 9.17) is 0 Å². The molecule has 21 heavy (non-hydrogen) atoms. The van der Waals surface area contributed by atoms with Crippen LogP contribution in [-0.2, 0) is 5.33 Å². The van der Waals surface area contributed by atoms with Crippen molar-refractivity contribution in [2.24, 2.45) is 0 Å². The van der Waals surface area contributed by atoms with E-state index in [2.05, 4.69) is 21.2 Å². The van der Waals surface area contributed by atoms with Gasteiger partial charge < -0.3 is 5.32 Å². The molecule has 1 heterocycles. The fourth-order valence-corrected chi connectivity index (χ4v) is 3.34. The number of thiophene rings is 1. The van der Waals surface area contributed by atoms with Crippen molar-refractivity contribution in [2.45, 2.75) is 5.33 Å². The van der Waals surface area contributed by atoms with Crippen LogP contribution in [0.3, 0.4) is 0 Å². The number of nitrogens with one attached hydrogen (secondary N) is 1.